The molecule has 1 heterocycles. The standard InChI is InChI=1S/C7H10F3N3O/c8-7(9,10)6(14)13-12-5-3-1-2-4-11-5/h1-4H2,(H,11,12)(H,13,14). The molecule has 7 heteroatoms. The zero-order chi connectivity index (χ0) is 10.6. The summed E-state index contributed by atoms with van der Waals surface area (Å²) in [6, 6.07) is 0. The van der Waals surface area contributed by atoms with Gasteiger partial charge in [0.05, 0.1) is 0 Å². The lowest BCUT2D eigenvalue weighted by atomic mass is 10.2. The van der Waals surface area contributed by atoms with E-state index in [1.54, 1.807) is 5.43 Å². The second-order valence-electron chi connectivity index (χ2n) is 2.86. The molecular formula is C7H10F3N3O. The molecule has 1 aliphatic rings. The van der Waals surface area contributed by atoms with Crippen molar-refractivity contribution in [3.8, 4) is 0 Å². The van der Waals surface area contributed by atoms with Gasteiger partial charge in [-0.25, -0.2) is 0 Å². The normalized spacial score (nSPS) is 17.2. The van der Waals surface area contributed by atoms with Crippen LogP contribution in [0.4, 0.5) is 13.2 Å². The highest BCUT2D eigenvalue weighted by Gasteiger charge is 2.38. The van der Waals surface area contributed by atoms with Crippen molar-refractivity contribution < 1.29 is 18.0 Å². The van der Waals surface area contributed by atoms with Gasteiger partial charge >= 0.3 is 12.1 Å². The minimum absolute atomic E-state index is 0.397. The van der Waals surface area contributed by atoms with Gasteiger partial charge in [0.15, 0.2) is 0 Å². The fraction of sp³-hybridized carbons (Fsp3) is 0.714. The molecule has 80 valence electrons. The van der Waals surface area contributed by atoms with Gasteiger partial charge < -0.3 is 0 Å². The van der Waals surface area contributed by atoms with Crippen LogP contribution in [-0.2, 0) is 4.79 Å². The Hall–Kier alpha value is -1.27. The Bertz CT molecular complexity index is 249. The van der Waals surface area contributed by atoms with Crippen molar-refractivity contribution in [2.45, 2.75) is 25.4 Å². The Morgan fingerprint density at radius 3 is 2.57 bits per heavy atom. The maximum absolute atomic E-state index is 11.7. The van der Waals surface area contributed by atoms with Gasteiger partial charge in [-0.2, -0.15) is 13.2 Å². The molecule has 0 bridgehead atoms. The topological polar surface area (TPSA) is 53.5 Å². The first kappa shape index (κ1) is 10.8. The number of carbonyl (C=O) groups is 1. The van der Waals surface area contributed by atoms with Crippen molar-refractivity contribution >= 4 is 11.7 Å². The van der Waals surface area contributed by atoms with Crippen molar-refractivity contribution in [1.82, 2.24) is 10.9 Å². The second-order valence-corrected chi connectivity index (χ2v) is 2.86. The summed E-state index contributed by atoms with van der Waals surface area (Å²) in [5, 5.41) is 0. The van der Waals surface area contributed by atoms with Crippen LogP contribution in [0.25, 0.3) is 0 Å². The lowest BCUT2D eigenvalue weighted by Crippen LogP contribution is -2.48. The van der Waals surface area contributed by atoms with Gasteiger partial charge in [0, 0.05) is 13.0 Å². The molecule has 0 aliphatic carbocycles. The fourth-order valence-corrected chi connectivity index (χ4v) is 0.999. The Balaban J connectivity index is 2.33. The molecule has 0 unspecified atom stereocenters. The van der Waals surface area contributed by atoms with Crippen LogP contribution < -0.4 is 10.9 Å². The van der Waals surface area contributed by atoms with E-state index in [1.807, 2.05) is 0 Å². The number of halogens is 3. The molecule has 1 amide bonds. The van der Waals surface area contributed by atoms with Gasteiger partial charge in [-0.15, -0.1) is 0 Å². The van der Waals surface area contributed by atoms with Crippen molar-refractivity contribution in [2.75, 3.05) is 6.54 Å². The van der Waals surface area contributed by atoms with Gasteiger partial charge in [-0.1, -0.05) is 0 Å². The van der Waals surface area contributed by atoms with E-state index < -0.39 is 12.1 Å². The molecule has 0 spiro atoms. The predicted molar refractivity (Wildman–Crippen MR) is 43.5 cm³/mol. The fourth-order valence-electron chi connectivity index (χ4n) is 0.999. The molecule has 0 aromatic heterocycles. The van der Waals surface area contributed by atoms with Gasteiger partial charge in [-0.05, 0) is 12.8 Å². The van der Waals surface area contributed by atoms with Gasteiger partial charge in [-0.3, -0.25) is 20.6 Å². The lowest BCUT2D eigenvalue weighted by molar-refractivity contribution is -0.174. The van der Waals surface area contributed by atoms with Crippen LogP contribution >= 0.6 is 0 Å². The molecule has 0 aromatic carbocycles. The first-order chi connectivity index (χ1) is 6.50. The van der Waals surface area contributed by atoms with E-state index in [0.717, 1.165) is 12.8 Å². The molecule has 14 heavy (non-hydrogen) atoms. The van der Waals surface area contributed by atoms with E-state index in [-0.39, 0.29) is 0 Å². The molecule has 1 rings (SSSR count). The number of aliphatic imine (C=N–C) groups is 1. The third kappa shape index (κ3) is 3.23. The van der Waals surface area contributed by atoms with Crippen LogP contribution in [0.3, 0.4) is 0 Å². The summed E-state index contributed by atoms with van der Waals surface area (Å²) in [6.45, 7) is 0.588. The molecule has 4 nitrogen and oxygen atoms in total. The Morgan fingerprint density at radius 2 is 2.07 bits per heavy atom. The third-order valence-electron chi connectivity index (χ3n) is 1.70. The maximum Gasteiger partial charge on any atom is 0.472 e. The number of amides is 1. The van der Waals surface area contributed by atoms with Gasteiger partial charge in [0.25, 0.3) is 0 Å². The maximum atomic E-state index is 11.7. The summed E-state index contributed by atoms with van der Waals surface area (Å²) in [6.07, 6.45) is -2.49. The number of hydrogen-bond donors (Lipinski definition) is 2. The van der Waals surface area contributed by atoms with E-state index in [4.69, 9.17) is 0 Å². The highest BCUT2D eigenvalue weighted by atomic mass is 19.4. The number of nitrogens with zero attached hydrogens (tertiary/aromatic N) is 1. The summed E-state index contributed by atoms with van der Waals surface area (Å²) in [7, 11) is 0. The van der Waals surface area contributed by atoms with E-state index in [0.29, 0.717) is 18.8 Å². The Morgan fingerprint density at radius 1 is 1.36 bits per heavy atom. The summed E-state index contributed by atoms with van der Waals surface area (Å²) < 4.78 is 35.1. The van der Waals surface area contributed by atoms with E-state index >= 15 is 0 Å². The summed E-state index contributed by atoms with van der Waals surface area (Å²) in [5.74, 6) is -1.61. The first-order valence-electron chi connectivity index (χ1n) is 4.16. The average Bonchev–Trinajstić information content (AvgIpc) is 2.14. The monoisotopic (exact) mass is 209 g/mol. The van der Waals surface area contributed by atoms with Crippen LogP contribution in [0, 0.1) is 0 Å². The van der Waals surface area contributed by atoms with Gasteiger partial charge in [0.1, 0.15) is 5.84 Å². The zero-order valence-corrected chi connectivity index (χ0v) is 7.32. The van der Waals surface area contributed by atoms with Crippen LogP contribution in [0.1, 0.15) is 19.3 Å². The largest absolute Gasteiger partial charge is 0.472 e. The minimum Gasteiger partial charge on any atom is -0.285 e. The van der Waals surface area contributed by atoms with E-state index in [1.165, 1.54) is 0 Å². The van der Waals surface area contributed by atoms with Crippen LogP contribution in [0.2, 0.25) is 0 Å². The van der Waals surface area contributed by atoms with Crippen molar-refractivity contribution in [2.24, 2.45) is 4.99 Å². The van der Waals surface area contributed by atoms with Gasteiger partial charge in [0.2, 0.25) is 0 Å². The van der Waals surface area contributed by atoms with E-state index in [9.17, 15) is 18.0 Å². The molecule has 0 atom stereocenters. The highest BCUT2D eigenvalue weighted by molar-refractivity contribution is 5.87. The van der Waals surface area contributed by atoms with Crippen molar-refractivity contribution in [3.63, 3.8) is 0 Å². The number of alkyl halides is 3. The van der Waals surface area contributed by atoms with Crippen LogP contribution in [0.5, 0.6) is 0 Å². The number of nitrogens with one attached hydrogen (secondary N) is 2. The zero-order valence-electron chi connectivity index (χ0n) is 7.32. The minimum atomic E-state index is -4.86. The smallest absolute Gasteiger partial charge is 0.285 e. The summed E-state index contributed by atoms with van der Waals surface area (Å²) in [5.41, 5.74) is 3.71. The Kier molecular flexibility index (Phi) is 3.32. The highest BCUT2D eigenvalue weighted by Crippen LogP contribution is 2.13. The predicted octanol–water partition coefficient (Wildman–Crippen LogP) is 0.752. The quantitative estimate of drug-likeness (QED) is 0.578. The first-order valence-corrected chi connectivity index (χ1v) is 4.16. The number of rotatable bonds is 0. The lowest BCUT2D eigenvalue weighted by Gasteiger charge is -2.15. The number of amidine groups is 1. The molecule has 0 fully saturated rings. The summed E-state index contributed by atoms with van der Waals surface area (Å²) >= 11 is 0. The van der Waals surface area contributed by atoms with E-state index in [2.05, 4.69) is 10.4 Å². The Labute approximate surface area is 78.5 Å². The molecule has 0 radical (unpaired) electrons. The van der Waals surface area contributed by atoms with Crippen molar-refractivity contribution in [3.05, 3.63) is 0 Å². The average molecular weight is 209 g/mol. The SMILES string of the molecule is O=C(NNC1=NCCCC1)C(F)(F)F. The number of hydrogen-bond acceptors (Lipinski definition) is 3. The number of carbonyl (C=O) groups excluding carboxylic acids is 1. The second kappa shape index (κ2) is 4.30. The molecule has 0 saturated heterocycles. The molecule has 0 saturated carbocycles. The third-order valence-corrected chi connectivity index (χ3v) is 1.70. The van der Waals surface area contributed by atoms with Crippen LogP contribution in [0.15, 0.2) is 4.99 Å². The summed E-state index contributed by atoms with van der Waals surface area (Å²) in [4.78, 5) is 14.3. The molecule has 1 aliphatic heterocycles. The molecule has 2 N–H and O–H groups in total. The molecular weight excluding hydrogens is 199 g/mol. The number of hydrazine groups is 1. The van der Waals surface area contributed by atoms with Crippen LogP contribution in [-0.4, -0.2) is 24.5 Å². The van der Waals surface area contributed by atoms with Crippen molar-refractivity contribution in [1.29, 1.82) is 0 Å². The molecule has 0 aromatic rings.